The summed E-state index contributed by atoms with van der Waals surface area (Å²) < 4.78 is 0. The van der Waals surface area contributed by atoms with Gasteiger partial charge in [0.2, 0.25) is 0 Å². The zero-order valence-corrected chi connectivity index (χ0v) is 18.0. The van der Waals surface area contributed by atoms with Crippen molar-refractivity contribution in [3.05, 3.63) is 129 Å². The Labute approximate surface area is 178 Å². The van der Waals surface area contributed by atoms with Gasteiger partial charge in [-0.2, -0.15) is 0 Å². The van der Waals surface area contributed by atoms with Crippen LogP contribution in [0.4, 0.5) is 0 Å². The normalized spacial score (nSPS) is 24.5. The molecule has 2 aliphatic heterocycles. The van der Waals surface area contributed by atoms with Crippen LogP contribution in [0.15, 0.2) is 106 Å². The Morgan fingerprint density at radius 2 is 0.900 bits per heavy atom. The van der Waals surface area contributed by atoms with Crippen molar-refractivity contribution in [1.82, 2.24) is 0 Å². The molecule has 0 saturated heterocycles. The fraction of sp³-hybridized carbons (Fsp3) is 0.214. The summed E-state index contributed by atoms with van der Waals surface area (Å²) in [6, 6.07) is 25.9. The molecule has 30 heavy (non-hydrogen) atoms. The van der Waals surface area contributed by atoms with Crippen LogP contribution in [0, 0.1) is 0 Å². The van der Waals surface area contributed by atoms with Gasteiger partial charge in [-0.05, 0) is 62.1 Å². The zero-order valence-electron chi connectivity index (χ0n) is 18.0. The maximum Gasteiger partial charge on any atom is 0.0936 e. The molecule has 3 aromatic carbocycles. The van der Waals surface area contributed by atoms with Gasteiger partial charge in [0.25, 0.3) is 0 Å². The van der Waals surface area contributed by atoms with Crippen LogP contribution in [0.25, 0.3) is 0 Å². The number of allylic oxidation sites excluding steroid dienone is 4. The largest absolute Gasteiger partial charge is 0.251 e. The van der Waals surface area contributed by atoms with Crippen LogP contribution in [-0.2, 0) is 10.8 Å². The molecule has 0 N–H and O–H groups in total. The van der Waals surface area contributed by atoms with Gasteiger partial charge in [-0.15, -0.1) is 0 Å². The van der Waals surface area contributed by atoms with Crippen molar-refractivity contribution in [3.8, 4) is 0 Å². The van der Waals surface area contributed by atoms with Gasteiger partial charge in [0.15, 0.2) is 0 Å². The molecule has 0 fully saturated rings. The fourth-order valence-corrected chi connectivity index (χ4v) is 5.10. The summed E-state index contributed by atoms with van der Waals surface area (Å²) in [6.07, 6.45) is 4.55. The number of hydrogen-bond donors (Lipinski definition) is 0. The molecule has 0 spiro atoms. The highest BCUT2D eigenvalue weighted by Gasteiger charge is 2.36. The molecule has 0 amide bonds. The molecule has 0 bridgehead atoms. The molecule has 0 aromatic heterocycles. The predicted octanol–water partition coefficient (Wildman–Crippen LogP) is 5.37. The highest BCUT2D eigenvalue weighted by Crippen LogP contribution is 2.38. The van der Waals surface area contributed by atoms with Crippen molar-refractivity contribution < 1.29 is 0 Å². The molecular formula is C28H26N2. The van der Waals surface area contributed by atoms with Crippen molar-refractivity contribution in [2.24, 2.45) is 9.98 Å². The standard InChI is InChI=1S/C28H26N2/c1-19-17-27(3,21-11-7-5-8-12-21)23-15-16-24-26(25(23)29-19)30-20(2)18-28(24,4)22-13-9-6-10-14-22/h5-18H,1-4H3. The van der Waals surface area contributed by atoms with E-state index in [0.29, 0.717) is 0 Å². The molecular weight excluding hydrogens is 364 g/mol. The van der Waals surface area contributed by atoms with Crippen LogP contribution < -0.4 is 10.7 Å². The lowest BCUT2D eigenvalue weighted by molar-refractivity contribution is 0.659. The van der Waals surface area contributed by atoms with E-state index in [4.69, 9.17) is 9.98 Å². The third kappa shape index (κ3) is 2.71. The van der Waals surface area contributed by atoms with Crippen molar-refractivity contribution in [2.75, 3.05) is 0 Å². The second kappa shape index (κ2) is 6.63. The average molecular weight is 391 g/mol. The summed E-state index contributed by atoms with van der Waals surface area (Å²) in [5.41, 5.74) is 6.58. The molecule has 2 heterocycles. The van der Waals surface area contributed by atoms with Crippen LogP contribution in [0.3, 0.4) is 0 Å². The molecule has 0 radical (unpaired) electrons. The van der Waals surface area contributed by atoms with Crippen molar-refractivity contribution >= 4 is 0 Å². The van der Waals surface area contributed by atoms with E-state index in [1.807, 2.05) is 0 Å². The average Bonchev–Trinajstić information content (AvgIpc) is 2.75. The minimum Gasteiger partial charge on any atom is -0.251 e. The van der Waals surface area contributed by atoms with Crippen LogP contribution >= 0.6 is 0 Å². The topological polar surface area (TPSA) is 24.7 Å². The fourth-order valence-electron chi connectivity index (χ4n) is 5.10. The number of hydrogen-bond acceptors (Lipinski definition) is 2. The van der Waals surface area contributed by atoms with Gasteiger partial charge in [0, 0.05) is 22.2 Å². The first-order valence-electron chi connectivity index (χ1n) is 10.5. The summed E-state index contributed by atoms with van der Waals surface area (Å²) in [4.78, 5) is 10.0. The Morgan fingerprint density at radius 1 is 0.533 bits per heavy atom. The van der Waals surface area contributed by atoms with Crippen LogP contribution in [0.2, 0.25) is 0 Å². The summed E-state index contributed by atoms with van der Waals surface area (Å²) in [5, 5.41) is 2.02. The highest BCUT2D eigenvalue weighted by molar-refractivity contribution is 5.51. The molecule has 148 valence electrons. The SMILES string of the molecule is CC1=CC(C)(c2ccccc2)c2ccc3c(c2=N1)=NC(C)=CC3(C)c1ccccc1. The third-order valence-corrected chi connectivity index (χ3v) is 6.59. The van der Waals surface area contributed by atoms with Gasteiger partial charge in [-0.3, -0.25) is 9.98 Å². The van der Waals surface area contributed by atoms with Crippen molar-refractivity contribution in [1.29, 1.82) is 0 Å². The lowest BCUT2D eigenvalue weighted by atomic mass is 9.70. The Morgan fingerprint density at radius 3 is 1.27 bits per heavy atom. The van der Waals surface area contributed by atoms with Gasteiger partial charge in [-0.25, -0.2) is 0 Å². The van der Waals surface area contributed by atoms with E-state index >= 15 is 0 Å². The quantitative estimate of drug-likeness (QED) is 0.562. The number of fused-ring (bicyclic) bond motifs is 3. The van der Waals surface area contributed by atoms with Crippen LogP contribution in [-0.4, -0.2) is 0 Å². The predicted molar refractivity (Wildman–Crippen MR) is 122 cm³/mol. The van der Waals surface area contributed by atoms with Crippen LogP contribution in [0.5, 0.6) is 0 Å². The lowest BCUT2D eigenvalue weighted by Gasteiger charge is -2.34. The van der Waals surface area contributed by atoms with Crippen LogP contribution in [0.1, 0.15) is 49.9 Å². The van der Waals surface area contributed by atoms with E-state index in [9.17, 15) is 0 Å². The van der Waals surface area contributed by atoms with E-state index in [0.717, 1.165) is 22.1 Å². The van der Waals surface area contributed by atoms with Crippen molar-refractivity contribution in [3.63, 3.8) is 0 Å². The summed E-state index contributed by atoms with van der Waals surface area (Å²) >= 11 is 0. The van der Waals surface area contributed by atoms with E-state index in [1.165, 1.54) is 22.3 Å². The molecule has 2 aliphatic rings. The van der Waals surface area contributed by atoms with Gasteiger partial charge < -0.3 is 0 Å². The molecule has 0 aliphatic carbocycles. The summed E-state index contributed by atoms with van der Waals surface area (Å²) in [7, 11) is 0. The van der Waals surface area contributed by atoms with Gasteiger partial charge in [0.1, 0.15) is 0 Å². The van der Waals surface area contributed by atoms with E-state index < -0.39 is 0 Å². The van der Waals surface area contributed by atoms with E-state index in [-0.39, 0.29) is 10.8 Å². The molecule has 3 aromatic rings. The van der Waals surface area contributed by atoms with Gasteiger partial charge in [-0.1, -0.05) is 72.8 Å². The van der Waals surface area contributed by atoms with Gasteiger partial charge >= 0.3 is 0 Å². The lowest BCUT2D eigenvalue weighted by Crippen LogP contribution is -2.45. The summed E-state index contributed by atoms with van der Waals surface area (Å²) in [5.74, 6) is 0. The smallest absolute Gasteiger partial charge is 0.0936 e. The maximum absolute atomic E-state index is 5.01. The molecule has 2 atom stereocenters. The Balaban J connectivity index is 1.83. The zero-order chi connectivity index (χ0) is 20.9. The maximum atomic E-state index is 5.01. The molecule has 0 saturated carbocycles. The third-order valence-electron chi connectivity index (χ3n) is 6.59. The number of nitrogens with zero attached hydrogens (tertiary/aromatic N) is 2. The van der Waals surface area contributed by atoms with E-state index in [2.05, 4.69) is 113 Å². The molecule has 2 unspecified atom stereocenters. The second-order valence-electron chi connectivity index (χ2n) is 8.79. The minimum absolute atomic E-state index is 0.231. The Bertz CT molecular complexity index is 1210. The van der Waals surface area contributed by atoms with E-state index in [1.54, 1.807) is 0 Å². The monoisotopic (exact) mass is 390 g/mol. The molecule has 5 rings (SSSR count). The molecule has 2 heteroatoms. The highest BCUT2D eigenvalue weighted by atomic mass is 14.8. The number of rotatable bonds is 2. The Hall–Kier alpha value is -3.26. The summed E-state index contributed by atoms with van der Waals surface area (Å²) in [6.45, 7) is 8.75. The minimum atomic E-state index is -0.231. The number of benzene rings is 3. The second-order valence-corrected chi connectivity index (χ2v) is 8.79. The van der Waals surface area contributed by atoms with Crippen molar-refractivity contribution in [2.45, 2.75) is 38.5 Å². The first-order valence-corrected chi connectivity index (χ1v) is 10.5. The Kier molecular flexibility index (Phi) is 4.14. The molecule has 2 nitrogen and oxygen atoms in total. The van der Waals surface area contributed by atoms with Gasteiger partial charge in [0.05, 0.1) is 10.7 Å². The first kappa shape index (κ1) is 18.7. The first-order chi connectivity index (χ1) is 14.4.